The molecular weight excluding hydrogens is 492 g/mol. The van der Waals surface area contributed by atoms with E-state index in [1.54, 1.807) is 19.2 Å². The first-order valence-electron chi connectivity index (χ1n) is 13.8. The Kier molecular flexibility index (Phi) is 9.40. The van der Waals surface area contributed by atoms with Crippen LogP contribution in [0.3, 0.4) is 0 Å². The van der Waals surface area contributed by atoms with Crippen molar-refractivity contribution in [3.63, 3.8) is 0 Å². The zero-order valence-corrected chi connectivity index (χ0v) is 22.5. The lowest BCUT2D eigenvalue weighted by molar-refractivity contribution is -0.253. The minimum Gasteiger partial charge on any atom is -0.392 e. The Labute approximate surface area is 230 Å². The van der Waals surface area contributed by atoms with Crippen molar-refractivity contribution in [1.82, 2.24) is 10.2 Å². The summed E-state index contributed by atoms with van der Waals surface area (Å²) in [5.74, 6) is -0.0924. The summed E-state index contributed by atoms with van der Waals surface area (Å²) >= 11 is 0. The largest absolute Gasteiger partial charge is 0.392 e. The van der Waals surface area contributed by atoms with Crippen molar-refractivity contribution in [2.75, 3.05) is 26.8 Å². The van der Waals surface area contributed by atoms with Gasteiger partial charge >= 0.3 is 0 Å². The maximum absolute atomic E-state index is 12.4. The van der Waals surface area contributed by atoms with E-state index < -0.39 is 6.29 Å². The van der Waals surface area contributed by atoms with Gasteiger partial charge in [-0.2, -0.15) is 0 Å². The van der Waals surface area contributed by atoms with Crippen molar-refractivity contribution in [2.45, 2.75) is 57.0 Å². The molecule has 2 aliphatic heterocycles. The molecule has 2 N–H and O–H groups in total. The first-order valence-corrected chi connectivity index (χ1v) is 13.8. The monoisotopic (exact) mass is 530 g/mol. The number of nitrogens with one attached hydrogen (secondary N) is 1. The van der Waals surface area contributed by atoms with E-state index >= 15 is 0 Å². The van der Waals surface area contributed by atoms with Crippen LogP contribution in [0.5, 0.6) is 0 Å². The number of hydrogen-bond donors (Lipinski definition) is 2. The number of ether oxygens (including phenoxy) is 3. The highest BCUT2D eigenvalue weighted by molar-refractivity contribution is 5.94. The highest BCUT2D eigenvalue weighted by atomic mass is 16.7. The highest BCUT2D eigenvalue weighted by Crippen LogP contribution is 2.38. The van der Waals surface area contributed by atoms with Crippen LogP contribution in [0, 0.1) is 0 Å². The van der Waals surface area contributed by atoms with E-state index in [2.05, 4.69) is 10.2 Å². The quantitative estimate of drug-likeness (QED) is 0.393. The molecule has 39 heavy (non-hydrogen) atoms. The van der Waals surface area contributed by atoms with Crippen molar-refractivity contribution >= 4 is 5.91 Å². The molecule has 3 aromatic carbocycles. The zero-order chi connectivity index (χ0) is 27.0. The molecule has 0 spiro atoms. The number of likely N-dealkylation sites (tertiary alicyclic amines) is 1. The first-order chi connectivity index (χ1) is 19.1. The Bertz CT molecular complexity index is 1190. The summed E-state index contributed by atoms with van der Waals surface area (Å²) in [5.41, 5.74) is 4.57. The molecule has 2 saturated heterocycles. The molecule has 5 rings (SSSR count). The molecule has 206 valence electrons. The van der Waals surface area contributed by atoms with Crippen LogP contribution in [-0.2, 0) is 27.4 Å². The van der Waals surface area contributed by atoms with E-state index in [0.717, 1.165) is 54.8 Å². The molecule has 0 radical (unpaired) electrons. The minimum absolute atomic E-state index is 0.00793. The molecule has 0 saturated carbocycles. The molecule has 3 aromatic rings. The number of aliphatic hydroxyl groups is 1. The first kappa shape index (κ1) is 27.5. The second-order valence-corrected chi connectivity index (χ2v) is 10.4. The second-order valence-electron chi connectivity index (χ2n) is 10.4. The maximum Gasteiger partial charge on any atom is 0.251 e. The summed E-state index contributed by atoms with van der Waals surface area (Å²) in [4.78, 5) is 14.9. The smallest absolute Gasteiger partial charge is 0.251 e. The van der Waals surface area contributed by atoms with E-state index in [1.165, 1.54) is 6.42 Å². The van der Waals surface area contributed by atoms with Gasteiger partial charge in [0.15, 0.2) is 6.29 Å². The van der Waals surface area contributed by atoms with Crippen LogP contribution in [0.15, 0.2) is 78.9 Å². The molecule has 7 nitrogen and oxygen atoms in total. The highest BCUT2D eigenvalue weighted by Gasteiger charge is 2.35. The van der Waals surface area contributed by atoms with Crippen molar-refractivity contribution < 1.29 is 24.1 Å². The molecular formula is C32H38N2O5. The lowest BCUT2D eigenvalue weighted by Gasteiger charge is -2.38. The fraction of sp³-hybridized carbons (Fsp3) is 0.406. The lowest BCUT2D eigenvalue weighted by Crippen LogP contribution is -2.42. The Hall–Kier alpha value is -3.07. The SMILES string of the molecule is COC[C@@H]1CCCN1C[C@H]1C[C@@H](c2ccc(CO)cc2)O[C@@H](c2ccc(CNC(=O)c3ccccc3)cc2)O1. The molecule has 0 unspecified atom stereocenters. The standard InChI is InChI=1S/C32H38N2O5/c1-37-22-28-8-5-17-34(28)20-29-18-30(25-13-11-24(21-35)12-14-25)39-32(38-29)27-15-9-23(10-16-27)19-33-31(36)26-6-3-2-4-7-26/h2-4,6-7,9-16,28-30,32,35H,5,8,17-22H2,1H3,(H,33,36)/t28-,29+,30-,32-/m0/s1. The number of carbonyl (C=O) groups is 1. The Balaban J connectivity index is 1.28. The van der Waals surface area contributed by atoms with Gasteiger partial charge in [-0.05, 0) is 48.2 Å². The summed E-state index contributed by atoms with van der Waals surface area (Å²) in [6.07, 6.45) is 2.48. The minimum atomic E-state index is -0.497. The predicted octanol–water partition coefficient (Wildman–Crippen LogP) is 4.77. The number of amides is 1. The third-order valence-electron chi connectivity index (χ3n) is 7.65. The number of hydrogen-bond acceptors (Lipinski definition) is 6. The van der Waals surface area contributed by atoms with Crippen LogP contribution in [0.4, 0.5) is 0 Å². The van der Waals surface area contributed by atoms with E-state index in [9.17, 15) is 9.90 Å². The maximum atomic E-state index is 12.4. The summed E-state index contributed by atoms with van der Waals surface area (Å²) < 4.78 is 18.5. The van der Waals surface area contributed by atoms with Crippen LogP contribution in [0.25, 0.3) is 0 Å². The number of rotatable bonds is 10. The van der Waals surface area contributed by atoms with E-state index in [0.29, 0.717) is 18.2 Å². The summed E-state index contributed by atoms with van der Waals surface area (Å²) in [5, 5.41) is 12.4. The molecule has 1 amide bonds. The van der Waals surface area contributed by atoms with Gasteiger partial charge in [-0.25, -0.2) is 0 Å². The van der Waals surface area contributed by atoms with Gasteiger partial charge < -0.3 is 24.6 Å². The summed E-state index contributed by atoms with van der Waals surface area (Å²) in [6, 6.07) is 25.7. The zero-order valence-electron chi connectivity index (χ0n) is 22.5. The van der Waals surface area contributed by atoms with E-state index in [1.807, 2.05) is 66.7 Å². The van der Waals surface area contributed by atoms with Crippen molar-refractivity contribution in [3.8, 4) is 0 Å². The topological polar surface area (TPSA) is 80.3 Å². The fourth-order valence-electron chi connectivity index (χ4n) is 5.48. The second kappa shape index (κ2) is 13.3. The van der Waals surface area contributed by atoms with Crippen LogP contribution in [-0.4, -0.2) is 54.9 Å². The number of aliphatic hydroxyl groups excluding tert-OH is 1. The summed E-state index contributed by atoms with van der Waals surface area (Å²) in [6.45, 7) is 3.09. The molecule has 2 aliphatic rings. The number of nitrogens with zero attached hydrogens (tertiary/aromatic N) is 1. The molecule has 0 bridgehead atoms. The number of carbonyl (C=O) groups excluding carboxylic acids is 1. The van der Waals surface area contributed by atoms with Crippen molar-refractivity contribution in [1.29, 1.82) is 0 Å². The molecule has 2 fully saturated rings. The van der Waals surface area contributed by atoms with Crippen LogP contribution >= 0.6 is 0 Å². The Morgan fingerprint density at radius 3 is 2.41 bits per heavy atom. The fourth-order valence-corrected chi connectivity index (χ4v) is 5.48. The molecule has 4 atom stereocenters. The predicted molar refractivity (Wildman–Crippen MR) is 149 cm³/mol. The normalized spacial score (nSPS) is 23.5. The van der Waals surface area contributed by atoms with Crippen molar-refractivity contribution in [3.05, 3.63) is 107 Å². The van der Waals surface area contributed by atoms with Gasteiger partial charge in [0, 0.05) is 43.8 Å². The molecule has 0 aromatic heterocycles. The third-order valence-corrected chi connectivity index (χ3v) is 7.65. The van der Waals surface area contributed by atoms with Crippen LogP contribution < -0.4 is 5.32 Å². The van der Waals surface area contributed by atoms with Gasteiger partial charge in [-0.15, -0.1) is 0 Å². The average Bonchev–Trinajstić information content (AvgIpc) is 3.43. The van der Waals surface area contributed by atoms with Gasteiger partial charge in [-0.3, -0.25) is 9.69 Å². The van der Waals surface area contributed by atoms with E-state index in [4.69, 9.17) is 14.2 Å². The van der Waals surface area contributed by atoms with Crippen molar-refractivity contribution in [2.24, 2.45) is 0 Å². The Morgan fingerprint density at radius 1 is 0.974 bits per heavy atom. The lowest BCUT2D eigenvalue weighted by atomic mass is 9.99. The van der Waals surface area contributed by atoms with Gasteiger partial charge in [-0.1, -0.05) is 66.7 Å². The number of methoxy groups -OCH3 is 1. The molecule has 7 heteroatoms. The van der Waals surface area contributed by atoms with E-state index in [-0.39, 0.29) is 24.7 Å². The van der Waals surface area contributed by atoms with Crippen LogP contribution in [0.1, 0.15) is 64.3 Å². The van der Waals surface area contributed by atoms with Gasteiger partial charge in [0.2, 0.25) is 0 Å². The summed E-state index contributed by atoms with van der Waals surface area (Å²) in [7, 11) is 1.76. The molecule has 2 heterocycles. The van der Waals surface area contributed by atoms with Gasteiger partial charge in [0.05, 0.1) is 25.4 Å². The number of benzene rings is 3. The van der Waals surface area contributed by atoms with Crippen LogP contribution in [0.2, 0.25) is 0 Å². The molecule has 0 aliphatic carbocycles. The van der Waals surface area contributed by atoms with Gasteiger partial charge in [0.25, 0.3) is 5.91 Å². The van der Waals surface area contributed by atoms with Gasteiger partial charge in [0.1, 0.15) is 0 Å². The third kappa shape index (κ3) is 7.12. The average molecular weight is 531 g/mol. The Morgan fingerprint density at radius 2 is 1.69 bits per heavy atom.